The van der Waals surface area contributed by atoms with E-state index in [-0.39, 0.29) is 17.1 Å². The fourth-order valence-corrected chi connectivity index (χ4v) is 0.983. The van der Waals surface area contributed by atoms with Gasteiger partial charge in [-0.05, 0) is 31.0 Å². The Kier molecular flexibility index (Phi) is 4.01. The number of hydrogen-bond donors (Lipinski definition) is 1. The van der Waals surface area contributed by atoms with E-state index in [9.17, 15) is 4.79 Å². The Morgan fingerprint density at radius 1 is 1.33 bits per heavy atom. The number of hydrogen-bond acceptors (Lipinski definition) is 1. The van der Waals surface area contributed by atoms with Crippen LogP contribution in [0.1, 0.15) is 21.5 Å². The van der Waals surface area contributed by atoms with Gasteiger partial charge in [0, 0.05) is 17.1 Å². The van der Waals surface area contributed by atoms with Crippen LogP contribution in [0.25, 0.3) is 0 Å². The van der Waals surface area contributed by atoms with E-state index in [1.54, 1.807) is 12.1 Å². The molecule has 0 saturated carbocycles. The zero-order valence-corrected chi connectivity index (χ0v) is 7.83. The molecule has 0 amide bonds. The molecule has 0 atom stereocenters. The maximum Gasteiger partial charge on any atom is 0.335 e. The molecule has 0 aromatic heterocycles. The summed E-state index contributed by atoms with van der Waals surface area (Å²) in [6.07, 6.45) is 0. The van der Waals surface area contributed by atoms with Crippen LogP contribution in [0.3, 0.4) is 0 Å². The average molecular weight is 214 g/mol. The predicted octanol–water partition coefficient (Wildman–Crippen LogP) is 2.00. The van der Waals surface area contributed by atoms with Crippen molar-refractivity contribution in [1.29, 1.82) is 0 Å². The summed E-state index contributed by atoms with van der Waals surface area (Å²) in [7, 11) is 0. The predicted molar refractivity (Wildman–Crippen MR) is 42.9 cm³/mol. The normalized spacial score (nSPS) is 8.83. The molecule has 0 fully saturated rings. The summed E-state index contributed by atoms with van der Waals surface area (Å²) >= 11 is 0. The quantitative estimate of drug-likeness (QED) is 0.725. The van der Waals surface area contributed by atoms with E-state index in [4.69, 9.17) is 5.11 Å². The Bertz CT molecular complexity index is 295. The van der Waals surface area contributed by atoms with E-state index in [0.29, 0.717) is 5.56 Å². The van der Waals surface area contributed by atoms with E-state index in [0.717, 1.165) is 11.1 Å². The van der Waals surface area contributed by atoms with Crippen LogP contribution in [0.4, 0.5) is 0 Å². The van der Waals surface area contributed by atoms with Gasteiger partial charge in [0.25, 0.3) is 0 Å². The molecule has 1 aromatic carbocycles. The van der Waals surface area contributed by atoms with Crippen LogP contribution < -0.4 is 0 Å². The molecule has 12 heavy (non-hydrogen) atoms. The Hall–Kier alpha value is -0.791. The van der Waals surface area contributed by atoms with E-state index in [1.165, 1.54) is 0 Å². The Morgan fingerprint density at radius 3 is 2.33 bits per heavy atom. The van der Waals surface area contributed by atoms with Gasteiger partial charge in [-0.15, -0.1) is 0 Å². The first-order valence-corrected chi connectivity index (χ1v) is 3.42. The SMILES string of the molecule is Cc1cccc(C(=O)O)c1C.[Cu]. The van der Waals surface area contributed by atoms with Gasteiger partial charge in [0.2, 0.25) is 0 Å². The Morgan fingerprint density at radius 2 is 1.92 bits per heavy atom. The standard InChI is InChI=1S/C9H10O2.Cu/c1-6-4-3-5-8(7(6)2)9(10)11;/h3-5H,1-2H3,(H,10,11);. The molecule has 1 rings (SSSR count). The second-order valence-electron chi connectivity index (χ2n) is 2.55. The van der Waals surface area contributed by atoms with Crippen molar-refractivity contribution in [2.24, 2.45) is 0 Å². The van der Waals surface area contributed by atoms with Gasteiger partial charge in [-0.25, -0.2) is 4.79 Å². The van der Waals surface area contributed by atoms with Gasteiger partial charge in [-0.1, -0.05) is 12.1 Å². The number of rotatable bonds is 1. The molecule has 1 aromatic rings. The van der Waals surface area contributed by atoms with Crippen LogP contribution in [-0.2, 0) is 17.1 Å². The summed E-state index contributed by atoms with van der Waals surface area (Å²) in [6, 6.07) is 5.28. The molecule has 0 aliphatic heterocycles. The fraction of sp³-hybridized carbons (Fsp3) is 0.222. The van der Waals surface area contributed by atoms with E-state index in [2.05, 4.69) is 0 Å². The Labute approximate surface area is 82.1 Å². The third kappa shape index (κ3) is 2.10. The maximum atomic E-state index is 10.6. The molecule has 3 heteroatoms. The number of aromatic carboxylic acids is 1. The fourth-order valence-electron chi connectivity index (χ4n) is 0.983. The van der Waals surface area contributed by atoms with Crippen molar-refractivity contribution in [3.05, 3.63) is 34.9 Å². The third-order valence-electron chi connectivity index (χ3n) is 1.84. The van der Waals surface area contributed by atoms with E-state index >= 15 is 0 Å². The van der Waals surface area contributed by atoms with Gasteiger partial charge in [-0.3, -0.25) is 0 Å². The first-order chi connectivity index (χ1) is 5.13. The molecule has 1 N–H and O–H groups in total. The number of benzene rings is 1. The zero-order chi connectivity index (χ0) is 8.43. The first kappa shape index (κ1) is 11.2. The molecule has 0 unspecified atom stereocenters. The number of aryl methyl sites for hydroxylation is 1. The minimum absolute atomic E-state index is 0. The van der Waals surface area contributed by atoms with E-state index in [1.807, 2.05) is 19.9 Å². The molecule has 69 valence electrons. The maximum absolute atomic E-state index is 10.6. The van der Waals surface area contributed by atoms with Gasteiger partial charge in [0.05, 0.1) is 5.56 Å². The summed E-state index contributed by atoms with van der Waals surface area (Å²) in [6.45, 7) is 3.72. The molecule has 0 heterocycles. The van der Waals surface area contributed by atoms with E-state index < -0.39 is 5.97 Å². The van der Waals surface area contributed by atoms with Gasteiger partial charge in [0.15, 0.2) is 0 Å². The van der Waals surface area contributed by atoms with Crippen molar-refractivity contribution in [2.75, 3.05) is 0 Å². The van der Waals surface area contributed by atoms with Crippen molar-refractivity contribution in [3.63, 3.8) is 0 Å². The molecule has 0 bridgehead atoms. The van der Waals surface area contributed by atoms with Crippen molar-refractivity contribution in [3.8, 4) is 0 Å². The van der Waals surface area contributed by atoms with Gasteiger partial charge in [0.1, 0.15) is 0 Å². The second-order valence-corrected chi connectivity index (χ2v) is 2.55. The smallest absolute Gasteiger partial charge is 0.335 e. The molecule has 2 nitrogen and oxygen atoms in total. The number of carboxylic acids is 1. The minimum Gasteiger partial charge on any atom is -0.478 e. The van der Waals surface area contributed by atoms with Crippen molar-refractivity contribution < 1.29 is 27.0 Å². The molecule has 0 spiro atoms. The summed E-state index contributed by atoms with van der Waals surface area (Å²) < 4.78 is 0. The second kappa shape index (κ2) is 4.29. The molecule has 1 radical (unpaired) electrons. The van der Waals surface area contributed by atoms with Crippen molar-refractivity contribution in [2.45, 2.75) is 13.8 Å². The summed E-state index contributed by atoms with van der Waals surface area (Å²) in [4.78, 5) is 10.6. The zero-order valence-electron chi connectivity index (χ0n) is 6.89. The van der Waals surface area contributed by atoms with Crippen molar-refractivity contribution in [1.82, 2.24) is 0 Å². The first-order valence-electron chi connectivity index (χ1n) is 3.42. The molecule has 0 aliphatic rings. The third-order valence-corrected chi connectivity index (χ3v) is 1.84. The summed E-state index contributed by atoms with van der Waals surface area (Å²) in [5, 5.41) is 8.69. The van der Waals surface area contributed by atoms with Crippen LogP contribution in [0.15, 0.2) is 18.2 Å². The largest absolute Gasteiger partial charge is 0.478 e. The number of carbonyl (C=O) groups is 1. The average Bonchev–Trinajstić information content (AvgIpc) is 1.94. The van der Waals surface area contributed by atoms with Crippen LogP contribution in [-0.4, -0.2) is 11.1 Å². The molecule has 0 aliphatic carbocycles. The Balaban J connectivity index is 0.00000121. The van der Waals surface area contributed by atoms with Crippen LogP contribution in [0, 0.1) is 13.8 Å². The molecular weight excluding hydrogens is 204 g/mol. The van der Waals surface area contributed by atoms with Crippen LogP contribution in [0.2, 0.25) is 0 Å². The minimum atomic E-state index is -0.855. The van der Waals surface area contributed by atoms with Gasteiger partial charge >= 0.3 is 5.97 Å². The van der Waals surface area contributed by atoms with Gasteiger partial charge in [-0.2, -0.15) is 0 Å². The van der Waals surface area contributed by atoms with Gasteiger partial charge < -0.3 is 5.11 Å². The van der Waals surface area contributed by atoms with Crippen LogP contribution >= 0.6 is 0 Å². The summed E-state index contributed by atoms with van der Waals surface area (Å²) in [5.41, 5.74) is 2.26. The molecule has 0 saturated heterocycles. The summed E-state index contributed by atoms with van der Waals surface area (Å²) in [5.74, 6) is -0.855. The monoisotopic (exact) mass is 213 g/mol. The topological polar surface area (TPSA) is 37.3 Å². The van der Waals surface area contributed by atoms with Crippen LogP contribution in [0.5, 0.6) is 0 Å². The van der Waals surface area contributed by atoms with Crippen molar-refractivity contribution >= 4 is 5.97 Å². The molecular formula is C9H10CuO2. The number of carboxylic acid groups (broad SMARTS) is 1.